The molecule has 0 bridgehead atoms. The summed E-state index contributed by atoms with van der Waals surface area (Å²) >= 11 is 0. The quantitative estimate of drug-likeness (QED) is 0.225. The Labute approximate surface area is 294 Å². The molecule has 3 atom stereocenters. The van der Waals surface area contributed by atoms with Crippen molar-refractivity contribution < 1.29 is 37.3 Å². The van der Waals surface area contributed by atoms with E-state index >= 15 is 0 Å². The molecule has 51 heavy (non-hydrogen) atoms. The average molecular weight is 712 g/mol. The number of anilines is 2. The number of nitrogens with two attached hydrogens (primary N) is 1. The Hall–Kier alpha value is -4.47. The number of nitrogens with zero attached hydrogens (tertiary/aromatic N) is 4. The minimum absolute atomic E-state index is 0.0656. The number of halogens is 3. The van der Waals surface area contributed by atoms with Crippen molar-refractivity contribution in [3.05, 3.63) is 65.7 Å². The molecule has 3 aliphatic rings. The predicted molar refractivity (Wildman–Crippen MR) is 184 cm³/mol. The number of piperidine rings is 1. The second-order valence-corrected chi connectivity index (χ2v) is 13.4. The molecule has 0 saturated carbocycles. The second kappa shape index (κ2) is 15.4. The van der Waals surface area contributed by atoms with Gasteiger partial charge in [-0.2, -0.15) is 23.1 Å². The third-order valence-corrected chi connectivity index (χ3v) is 10.3. The maximum absolute atomic E-state index is 14.4. The zero-order valence-electron chi connectivity index (χ0n) is 28.5. The number of carboxylic acid groups (broad SMARTS) is 1. The number of aromatic nitrogens is 2. The van der Waals surface area contributed by atoms with Crippen molar-refractivity contribution in [1.29, 1.82) is 0 Å². The van der Waals surface area contributed by atoms with Gasteiger partial charge in [-0.25, -0.2) is 0 Å². The molecule has 1 spiro atoms. The van der Waals surface area contributed by atoms with E-state index in [1.54, 1.807) is 36.4 Å². The summed E-state index contributed by atoms with van der Waals surface area (Å²) in [6, 6.07) is 13.6. The molecule has 2 aromatic carbocycles. The molecular formula is C36H44F3N7O5. The summed E-state index contributed by atoms with van der Waals surface area (Å²) in [6.07, 6.45) is -4.36. The Bertz CT molecular complexity index is 1660. The number of morpholine rings is 1. The number of carbonyl (C=O) groups is 2. The van der Waals surface area contributed by atoms with Crippen LogP contribution >= 0.6 is 0 Å². The van der Waals surface area contributed by atoms with E-state index in [0.29, 0.717) is 69.1 Å². The lowest BCUT2D eigenvalue weighted by Gasteiger charge is -2.43. The van der Waals surface area contributed by atoms with E-state index in [1.807, 2.05) is 11.8 Å². The summed E-state index contributed by atoms with van der Waals surface area (Å²) in [5, 5.41) is 15.7. The lowest BCUT2D eigenvalue weighted by atomic mass is 9.71. The highest BCUT2D eigenvalue weighted by molar-refractivity contribution is 5.94. The van der Waals surface area contributed by atoms with Crippen LogP contribution in [0.3, 0.4) is 0 Å². The van der Waals surface area contributed by atoms with E-state index in [2.05, 4.69) is 25.5 Å². The first-order valence-corrected chi connectivity index (χ1v) is 17.3. The van der Waals surface area contributed by atoms with Crippen LogP contribution in [0.1, 0.15) is 54.6 Å². The molecule has 3 fully saturated rings. The van der Waals surface area contributed by atoms with Crippen molar-refractivity contribution >= 4 is 23.6 Å². The molecule has 12 nitrogen and oxygen atoms in total. The Morgan fingerprint density at radius 1 is 1.06 bits per heavy atom. The van der Waals surface area contributed by atoms with Crippen molar-refractivity contribution in [2.45, 2.75) is 57.0 Å². The van der Waals surface area contributed by atoms with E-state index in [9.17, 15) is 27.9 Å². The molecule has 15 heteroatoms. The molecule has 1 aromatic heterocycles. The van der Waals surface area contributed by atoms with E-state index in [1.165, 1.54) is 18.2 Å². The fourth-order valence-electron chi connectivity index (χ4n) is 7.49. The summed E-state index contributed by atoms with van der Waals surface area (Å²) in [4.78, 5) is 36.7. The number of carbonyl (C=O) groups excluding carboxylic acids is 1. The van der Waals surface area contributed by atoms with E-state index < -0.39 is 24.3 Å². The Kier molecular flexibility index (Phi) is 11.0. The average Bonchev–Trinajstić information content (AvgIpc) is 3.48. The Balaban J connectivity index is 1.09. The fraction of sp³-hybridized carbons (Fsp3) is 0.500. The predicted octanol–water partition coefficient (Wildman–Crippen LogP) is 4.28. The minimum atomic E-state index is -4.76. The largest absolute Gasteiger partial charge is 0.480 e. The van der Waals surface area contributed by atoms with Gasteiger partial charge in [0.2, 0.25) is 17.9 Å². The number of ether oxygens (including phenoxy) is 2. The summed E-state index contributed by atoms with van der Waals surface area (Å²) in [5.74, 6) is -1.22. The highest BCUT2D eigenvalue weighted by atomic mass is 19.4. The molecule has 4 heterocycles. The number of hydrogen-bond donors (Lipinski definition) is 4. The van der Waals surface area contributed by atoms with Gasteiger partial charge in [-0.1, -0.05) is 43.3 Å². The fourth-order valence-corrected chi connectivity index (χ4v) is 7.49. The summed E-state index contributed by atoms with van der Waals surface area (Å²) in [6.45, 7) is 7.41. The van der Waals surface area contributed by atoms with Crippen molar-refractivity contribution in [3.8, 4) is 17.0 Å². The number of nitrogen functional groups attached to an aromatic ring is 1. The van der Waals surface area contributed by atoms with Crippen LogP contribution in [0.5, 0.6) is 5.88 Å². The van der Waals surface area contributed by atoms with Gasteiger partial charge in [-0.3, -0.25) is 14.5 Å². The molecule has 6 rings (SSSR count). The van der Waals surface area contributed by atoms with Crippen molar-refractivity contribution in [2.75, 3.05) is 63.1 Å². The third kappa shape index (κ3) is 8.54. The zero-order chi connectivity index (χ0) is 36.2. The first kappa shape index (κ1) is 36.3. The summed E-state index contributed by atoms with van der Waals surface area (Å²) in [7, 11) is 0. The van der Waals surface area contributed by atoms with Gasteiger partial charge in [0.05, 0.1) is 13.2 Å². The van der Waals surface area contributed by atoms with Crippen LogP contribution in [0.2, 0.25) is 0 Å². The van der Waals surface area contributed by atoms with Crippen molar-refractivity contribution in [3.63, 3.8) is 0 Å². The van der Waals surface area contributed by atoms with Crippen LogP contribution in [0.25, 0.3) is 11.1 Å². The van der Waals surface area contributed by atoms with Crippen molar-refractivity contribution in [1.82, 2.24) is 25.5 Å². The second-order valence-electron chi connectivity index (χ2n) is 13.4. The molecule has 3 saturated heterocycles. The maximum Gasteiger partial charge on any atom is 0.429 e. The topological polar surface area (TPSA) is 155 Å². The van der Waals surface area contributed by atoms with Crippen LogP contribution in [0.15, 0.2) is 54.6 Å². The molecule has 5 N–H and O–H groups in total. The number of alkyl halides is 3. The van der Waals surface area contributed by atoms with Crippen LogP contribution < -0.4 is 26.0 Å². The Morgan fingerprint density at radius 3 is 2.31 bits per heavy atom. The monoisotopic (exact) mass is 711 g/mol. The minimum Gasteiger partial charge on any atom is -0.480 e. The number of carboxylic acids is 1. The van der Waals surface area contributed by atoms with Crippen LogP contribution in [-0.4, -0.2) is 103 Å². The van der Waals surface area contributed by atoms with Gasteiger partial charge in [-0.15, -0.1) is 0 Å². The summed E-state index contributed by atoms with van der Waals surface area (Å²) < 4.78 is 54.1. The van der Waals surface area contributed by atoms with Crippen LogP contribution in [0, 0.1) is 5.41 Å². The SMILES string of the molecule is CCC1NC(C(=O)O)CC12CCN(c1cc(O[C@H](c3ccc(-c4ccc(C(=O)NCCN5CCOCC5)cc4)cc3)C(F)(F)F)nc(N)n1)CC2. The Morgan fingerprint density at radius 2 is 1.71 bits per heavy atom. The molecule has 3 aromatic rings. The molecule has 2 unspecified atom stereocenters. The molecule has 3 aliphatic heterocycles. The number of hydrogen-bond acceptors (Lipinski definition) is 10. The number of aliphatic carboxylic acids is 1. The third-order valence-electron chi connectivity index (χ3n) is 10.3. The lowest BCUT2D eigenvalue weighted by molar-refractivity contribution is -0.198. The molecular weight excluding hydrogens is 667 g/mol. The molecule has 274 valence electrons. The molecule has 0 radical (unpaired) electrons. The van der Waals surface area contributed by atoms with Crippen molar-refractivity contribution in [2.24, 2.45) is 5.41 Å². The standard InChI is InChI=1S/C36H44F3N7O5/c1-2-28-35(22-27(42-28)33(48)49)11-14-46(15-12-35)29-21-30(44-34(40)43-29)51-31(36(37,38)39)25-7-3-23(4-8-25)24-5-9-26(10-6-24)32(47)41-13-16-45-17-19-50-20-18-45/h3-10,21,27-28,31,42H,2,11-20,22H2,1H3,(H,41,47)(H,48,49)(H2,40,43,44)/t27?,28?,31-/m1/s1. The lowest BCUT2D eigenvalue weighted by Crippen LogP contribution is -2.46. The highest BCUT2D eigenvalue weighted by Gasteiger charge is 2.50. The first-order valence-electron chi connectivity index (χ1n) is 17.3. The molecule has 0 aliphatic carbocycles. The van der Waals surface area contributed by atoms with Gasteiger partial charge in [0.25, 0.3) is 5.91 Å². The van der Waals surface area contributed by atoms with Gasteiger partial charge < -0.3 is 35.8 Å². The van der Waals surface area contributed by atoms with Gasteiger partial charge in [0, 0.05) is 62.5 Å². The van der Waals surface area contributed by atoms with Gasteiger partial charge >= 0.3 is 12.1 Å². The molecule has 1 amide bonds. The zero-order valence-corrected chi connectivity index (χ0v) is 28.5. The maximum atomic E-state index is 14.4. The van der Waals surface area contributed by atoms with Crippen LogP contribution in [-0.2, 0) is 9.53 Å². The first-order chi connectivity index (χ1) is 24.4. The number of nitrogens with one attached hydrogen (secondary N) is 2. The highest BCUT2D eigenvalue weighted by Crippen LogP contribution is 2.46. The van der Waals surface area contributed by atoms with Gasteiger partial charge in [-0.05, 0) is 54.4 Å². The van der Waals surface area contributed by atoms with Gasteiger partial charge in [0.1, 0.15) is 11.9 Å². The van der Waals surface area contributed by atoms with E-state index in [-0.39, 0.29) is 34.8 Å². The number of amides is 1. The smallest absolute Gasteiger partial charge is 0.429 e. The number of benzene rings is 2. The van der Waals surface area contributed by atoms with Gasteiger partial charge in [0.15, 0.2) is 0 Å². The van der Waals surface area contributed by atoms with Crippen LogP contribution in [0.4, 0.5) is 24.9 Å². The van der Waals surface area contributed by atoms with E-state index in [0.717, 1.165) is 31.6 Å². The summed E-state index contributed by atoms with van der Waals surface area (Å²) in [5.41, 5.74) is 7.56. The number of rotatable bonds is 11. The van der Waals surface area contributed by atoms with E-state index in [4.69, 9.17) is 15.2 Å². The normalized spacial score (nSPS) is 21.4.